The van der Waals surface area contributed by atoms with Crippen molar-refractivity contribution in [1.82, 2.24) is 4.90 Å². The molecule has 0 heterocycles. The van der Waals surface area contributed by atoms with Crippen LogP contribution in [0.2, 0.25) is 0 Å². The Morgan fingerprint density at radius 1 is 1.29 bits per heavy atom. The van der Waals surface area contributed by atoms with Crippen LogP contribution in [0.4, 0.5) is 10.5 Å². The maximum absolute atomic E-state index is 12.2. The lowest BCUT2D eigenvalue weighted by Crippen LogP contribution is -2.43. The van der Waals surface area contributed by atoms with Crippen molar-refractivity contribution in [3.05, 3.63) is 29.8 Å². The minimum Gasteiger partial charge on any atom is -0.478 e. The molecule has 0 aliphatic rings. The molecule has 7 heteroatoms. The van der Waals surface area contributed by atoms with E-state index in [1.807, 2.05) is 13.8 Å². The number of benzene rings is 1. The van der Waals surface area contributed by atoms with Gasteiger partial charge in [0.2, 0.25) is 5.91 Å². The average molecular weight is 293 g/mol. The van der Waals surface area contributed by atoms with Crippen molar-refractivity contribution in [3.8, 4) is 0 Å². The van der Waals surface area contributed by atoms with E-state index in [0.29, 0.717) is 6.54 Å². The van der Waals surface area contributed by atoms with Crippen LogP contribution in [0.5, 0.6) is 0 Å². The highest BCUT2D eigenvalue weighted by Gasteiger charge is 2.19. The third-order valence-electron chi connectivity index (χ3n) is 2.62. The molecule has 21 heavy (non-hydrogen) atoms. The highest BCUT2D eigenvalue weighted by atomic mass is 16.4. The molecule has 0 saturated carbocycles. The minimum absolute atomic E-state index is 0.0191. The second kappa shape index (κ2) is 7.28. The molecule has 114 valence electrons. The van der Waals surface area contributed by atoms with Crippen LogP contribution in [-0.2, 0) is 4.79 Å². The summed E-state index contributed by atoms with van der Waals surface area (Å²) in [5.74, 6) is -1.63. The average Bonchev–Trinajstić information content (AvgIpc) is 2.37. The van der Waals surface area contributed by atoms with E-state index in [-0.39, 0.29) is 23.7 Å². The fourth-order valence-electron chi connectivity index (χ4n) is 1.82. The first kappa shape index (κ1) is 16.5. The molecule has 1 rings (SSSR count). The molecule has 7 nitrogen and oxygen atoms in total. The Balaban J connectivity index is 2.91. The molecule has 4 N–H and O–H groups in total. The first-order valence-corrected chi connectivity index (χ1v) is 6.47. The van der Waals surface area contributed by atoms with Gasteiger partial charge in [0.1, 0.15) is 6.54 Å². The molecule has 1 aromatic rings. The van der Waals surface area contributed by atoms with Crippen LogP contribution in [0.3, 0.4) is 0 Å². The minimum atomic E-state index is -1.14. The second-order valence-electron chi connectivity index (χ2n) is 5.02. The molecule has 0 aliphatic carbocycles. The number of hydrogen-bond acceptors (Lipinski definition) is 3. The van der Waals surface area contributed by atoms with Gasteiger partial charge in [0, 0.05) is 6.54 Å². The quantitative estimate of drug-likeness (QED) is 0.735. The molecule has 1 aromatic carbocycles. The summed E-state index contributed by atoms with van der Waals surface area (Å²) in [5.41, 5.74) is 5.28. The van der Waals surface area contributed by atoms with Crippen LogP contribution < -0.4 is 11.1 Å². The van der Waals surface area contributed by atoms with E-state index >= 15 is 0 Å². The zero-order valence-electron chi connectivity index (χ0n) is 12.0. The summed E-state index contributed by atoms with van der Waals surface area (Å²) in [6.07, 6.45) is 0. The number of urea groups is 1. The zero-order valence-corrected chi connectivity index (χ0v) is 12.0. The molecule has 0 unspecified atom stereocenters. The number of aromatic carboxylic acids is 1. The third-order valence-corrected chi connectivity index (χ3v) is 2.62. The maximum atomic E-state index is 12.2. The van der Waals surface area contributed by atoms with Gasteiger partial charge in [-0.3, -0.25) is 4.79 Å². The molecular formula is C14H19N3O4. The van der Waals surface area contributed by atoms with Gasteiger partial charge in [-0.1, -0.05) is 26.0 Å². The Kier molecular flexibility index (Phi) is 5.71. The number of nitrogens with zero attached hydrogens (tertiary/aromatic N) is 1. The summed E-state index contributed by atoms with van der Waals surface area (Å²) in [6.45, 7) is 3.90. The van der Waals surface area contributed by atoms with E-state index in [1.165, 1.54) is 17.0 Å². The predicted molar refractivity (Wildman–Crippen MR) is 78.0 cm³/mol. The van der Waals surface area contributed by atoms with Gasteiger partial charge in [0.15, 0.2) is 0 Å². The number of para-hydroxylation sites is 1. The first-order chi connectivity index (χ1) is 9.81. The van der Waals surface area contributed by atoms with Crippen molar-refractivity contribution in [2.24, 2.45) is 11.7 Å². The third kappa shape index (κ3) is 5.13. The van der Waals surface area contributed by atoms with Gasteiger partial charge in [-0.15, -0.1) is 0 Å². The number of carboxylic acid groups (broad SMARTS) is 1. The number of amides is 3. The van der Waals surface area contributed by atoms with Gasteiger partial charge < -0.3 is 21.1 Å². The summed E-state index contributed by atoms with van der Waals surface area (Å²) in [6, 6.07) is 5.49. The van der Waals surface area contributed by atoms with E-state index in [4.69, 9.17) is 10.8 Å². The Labute approximate surface area is 122 Å². The van der Waals surface area contributed by atoms with E-state index in [9.17, 15) is 14.4 Å². The maximum Gasteiger partial charge on any atom is 0.337 e. The van der Waals surface area contributed by atoms with Gasteiger partial charge in [-0.05, 0) is 18.1 Å². The lowest BCUT2D eigenvalue weighted by atomic mass is 10.2. The lowest BCUT2D eigenvalue weighted by molar-refractivity contribution is -0.118. The van der Waals surface area contributed by atoms with Gasteiger partial charge in [0.05, 0.1) is 11.3 Å². The number of rotatable bonds is 6. The van der Waals surface area contributed by atoms with Crippen LogP contribution in [0.1, 0.15) is 24.2 Å². The molecule has 0 atom stereocenters. The summed E-state index contributed by atoms with van der Waals surface area (Å²) < 4.78 is 0. The fourth-order valence-corrected chi connectivity index (χ4v) is 1.82. The molecule has 0 fully saturated rings. The van der Waals surface area contributed by atoms with Crippen LogP contribution in [-0.4, -0.2) is 41.0 Å². The van der Waals surface area contributed by atoms with Crippen molar-refractivity contribution < 1.29 is 19.5 Å². The summed E-state index contributed by atoms with van der Waals surface area (Å²) >= 11 is 0. The molecule has 0 spiro atoms. The monoisotopic (exact) mass is 293 g/mol. The fraction of sp³-hybridized carbons (Fsp3) is 0.357. The lowest BCUT2D eigenvalue weighted by Gasteiger charge is -2.23. The summed E-state index contributed by atoms with van der Waals surface area (Å²) in [4.78, 5) is 35.5. The van der Waals surface area contributed by atoms with Crippen LogP contribution >= 0.6 is 0 Å². The molecular weight excluding hydrogens is 274 g/mol. The van der Waals surface area contributed by atoms with Crippen LogP contribution in [0.15, 0.2) is 24.3 Å². The highest BCUT2D eigenvalue weighted by molar-refractivity contribution is 6.00. The normalized spacial score (nSPS) is 10.2. The van der Waals surface area contributed by atoms with Gasteiger partial charge >= 0.3 is 12.0 Å². The van der Waals surface area contributed by atoms with Crippen molar-refractivity contribution in [1.29, 1.82) is 0 Å². The zero-order chi connectivity index (χ0) is 16.0. The number of hydrogen-bond donors (Lipinski definition) is 3. The number of carbonyl (C=O) groups excluding carboxylic acids is 2. The first-order valence-electron chi connectivity index (χ1n) is 6.47. The molecule has 0 radical (unpaired) electrons. The largest absolute Gasteiger partial charge is 0.478 e. The number of primary amides is 1. The number of nitrogens with two attached hydrogens (primary N) is 1. The SMILES string of the molecule is CC(C)CN(CC(N)=O)C(=O)Nc1ccccc1C(=O)O. The highest BCUT2D eigenvalue weighted by Crippen LogP contribution is 2.15. The number of anilines is 1. The Morgan fingerprint density at radius 2 is 1.90 bits per heavy atom. The van der Waals surface area contributed by atoms with Crippen LogP contribution in [0, 0.1) is 5.92 Å². The van der Waals surface area contributed by atoms with Crippen molar-refractivity contribution >= 4 is 23.6 Å². The molecule has 0 aliphatic heterocycles. The Bertz CT molecular complexity index is 543. The number of carboxylic acids is 1. The van der Waals surface area contributed by atoms with Gasteiger partial charge in [-0.25, -0.2) is 9.59 Å². The Hall–Kier alpha value is -2.57. The molecule has 0 bridgehead atoms. The van der Waals surface area contributed by atoms with E-state index in [1.54, 1.807) is 12.1 Å². The Morgan fingerprint density at radius 3 is 2.43 bits per heavy atom. The number of nitrogens with one attached hydrogen (secondary N) is 1. The topological polar surface area (TPSA) is 113 Å². The van der Waals surface area contributed by atoms with Gasteiger partial charge in [0.25, 0.3) is 0 Å². The summed E-state index contributed by atoms with van der Waals surface area (Å²) in [5, 5.41) is 11.6. The standard InChI is InChI=1S/C14H19N3O4/c1-9(2)7-17(8-12(15)18)14(21)16-11-6-4-3-5-10(11)13(19)20/h3-6,9H,7-8H2,1-2H3,(H2,15,18)(H,16,21)(H,19,20). The predicted octanol–water partition coefficient (Wildman–Crippen LogP) is 1.36. The van der Waals surface area contributed by atoms with E-state index in [2.05, 4.69) is 5.32 Å². The van der Waals surface area contributed by atoms with Crippen LogP contribution in [0.25, 0.3) is 0 Å². The summed E-state index contributed by atoms with van der Waals surface area (Å²) in [7, 11) is 0. The number of carbonyl (C=O) groups is 3. The molecule has 0 saturated heterocycles. The van der Waals surface area contributed by atoms with E-state index in [0.717, 1.165) is 0 Å². The van der Waals surface area contributed by atoms with E-state index < -0.39 is 17.9 Å². The van der Waals surface area contributed by atoms with Gasteiger partial charge in [-0.2, -0.15) is 0 Å². The smallest absolute Gasteiger partial charge is 0.337 e. The van der Waals surface area contributed by atoms with Crippen molar-refractivity contribution in [2.45, 2.75) is 13.8 Å². The second-order valence-corrected chi connectivity index (χ2v) is 5.02. The molecule has 0 aromatic heterocycles. The van der Waals surface area contributed by atoms with Crippen molar-refractivity contribution in [3.63, 3.8) is 0 Å². The van der Waals surface area contributed by atoms with Crippen molar-refractivity contribution in [2.75, 3.05) is 18.4 Å². The molecule has 3 amide bonds.